The van der Waals surface area contributed by atoms with E-state index in [-0.39, 0.29) is 11.9 Å². The molecule has 1 aliphatic heterocycles. The molecule has 1 N–H and O–H groups in total. The van der Waals surface area contributed by atoms with Gasteiger partial charge in [0.05, 0.1) is 5.56 Å². The van der Waals surface area contributed by atoms with Crippen molar-refractivity contribution in [2.24, 2.45) is 0 Å². The number of esters is 1. The van der Waals surface area contributed by atoms with Crippen LogP contribution in [0.25, 0.3) is 0 Å². The zero-order valence-corrected chi connectivity index (χ0v) is 8.42. The molecule has 0 radical (unpaired) electrons. The molecule has 4 heteroatoms. The molecule has 0 aliphatic carbocycles. The van der Waals surface area contributed by atoms with Crippen molar-refractivity contribution in [1.29, 1.82) is 0 Å². The number of carbonyl (C=O) groups is 1. The molecule has 2 rings (SSSR count). The zero-order chi connectivity index (χ0) is 10.8. The molecule has 0 fully saturated rings. The molecule has 0 saturated heterocycles. The van der Waals surface area contributed by atoms with Crippen molar-refractivity contribution in [2.45, 2.75) is 12.5 Å². The first kappa shape index (κ1) is 10.1. The molecule has 1 aliphatic rings. The summed E-state index contributed by atoms with van der Waals surface area (Å²) in [6, 6.07) is 4.48. The predicted molar refractivity (Wildman–Crippen MR) is 53.2 cm³/mol. The lowest BCUT2D eigenvalue weighted by Crippen LogP contribution is -2.35. The molecule has 1 atom stereocenters. The summed E-state index contributed by atoms with van der Waals surface area (Å²) >= 11 is 0. The van der Waals surface area contributed by atoms with Crippen molar-refractivity contribution < 1.29 is 13.9 Å². The molecule has 1 unspecified atom stereocenters. The number of nitrogens with one attached hydrogen (secondary N) is 1. The smallest absolute Gasteiger partial charge is 0.338 e. The van der Waals surface area contributed by atoms with E-state index in [0.717, 1.165) is 0 Å². The second-order valence-electron chi connectivity index (χ2n) is 3.56. The van der Waals surface area contributed by atoms with E-state index in [0.29, 0.717) is 24.1 Å². The zero-order valence-electron chi connectivity index (χ0n) is 8.42. The van der Waals surface area contributed by atoms with E-state index in [1.54, 1.807) is 13.1 Å². The van der Waals surface area contributed by atoms with E-state index >= 15 is 0 Å². The summed E-state index contributed by atoms with van der Waals surface area (Å²) in [6.45, 7) is 0.541. The SMILES string of the molecule is CNCC1Cc2c(F)cccc2C(=O)O1. The van der Waals surface area contributed by atoms with E-state index in [1.807, 2.05) is 0 Å². The lowest BCUT2D eigenvalue weighted by Gasteiger charge is -2.24. The molecule has 0 spiro atoms. The third kappa shape index (κ3) is 1.85. The van der Waals surface area contributed by atoms with Gasteiger partial charge in [0.2, 0.25) is 0 Å². The van der Waals surface area contributed by atoms with Crippen LogP contribution in [0, 0.1) is 5.82 Å². The highest BCUT2D eigenvalue weighted by Gasteiger charge is 2.27. The third-order valence-corrected chi connectivity index (χ3v) is 2.48. The number of carbonyl (C=O) groups excluding carboxylic acids is 1. The number of halogens is 1. The lowest BCUT2D eigenvalue weighted by atomic mass is 9.98. The van der Waals surface area contributed by atoms with Crippen LogP contribution in [-0.2, 0) is 11.2 Å². The highest BCUT2D eigenvalue weighted by atomic mass is 19.1. The number of benzene rings is 1. The fourth-order valence-electron chi connectivity index (χ4n) is 1.78. The first-order valence-corrected chi connectivity index (χ1v) is 4.85. The molecule has 0 saturated carbocycles. The van der Waals surface area contributed by atoms with Gasteiger partial charge in [-0.05, 0) is 19.2 Å². The molecule has 0 bridgehead atoms. The van der Waals surface area contributed by atoms with Gasteiger partial charge in [0.25, 0.3) is 0 Å². The second-order valence-corrected chi connectivity index (χ2v) is 3.56. The van der Waals surface area contributed by atoms with Gasteiger partial charge in [-0.3, -0.25) is 0 Å². The third-order valence-electron chi connectivity index (χ3n) is 2.48. The molecule has 1 aromatic rings. The van der Waals surface area contributed by atoms with Crippen LogP contribution in [0.2, 0.25) is 0 Å². The quantitative estimate of drug-likeness (QED) is 0.742. The Kier molecular flexibility index (Phi) is 2.68. The van der Waals surface area contributed by atoms with Gasteiger partial charge < -0.3 is 10.1 Å². The fourth-order valence-corrected chi connectivity index (χ4v) is 1.78. The summed E-state index contributed by atoms with van der Waals surface area (Å²) in [6.07, 6.45) is 0.168. The number of ether oxygens (including phenoxy) is 1. The van der Waals surface area contributed by atoms with E-state index in [2.05, 4.69) is 5.32 Å². The summed E-state index contributed by atoms with van der Waals surface area (Å²) in [4.78, 5) is 11.5. The van der Waals surface area contributed by atoms with Gasteiger partial charge >= 0.3 is 5.97 Å². The first-order valence-electron chi connectivity index (χ1n) is 4.85. The maximum atomic E-state index is 13.4. The second kappa shape index (κ2) is 3.98. The summed E-state index contributed by atoms with van der Waals surface area (Å²) in [5.74, 6) is -0.763. The Labute approximate surface area is 87.2 Å². The first-order chi connectivity index (χ1) is 7.22. The number of rotatable bonds is 2. The van der Waals surface area contributed by atoms with Crippen LogP contribution in [0.4, 0.5) is 4.39 Å². The summed E-state index contributed by atoms with van der Waals surface area (Å²) in [5.41, 5.74) is 0.816. The van der Waals surface area contributed by atoms with Gasteiger partial charge in [0.1, 0.15) is 11.9 Å². The molecule has 0 aromatic heterocycles. The Morgan fingerprint density at radius 1 is 1.60 bits per heavy atom. The molecule has 3 nitrogen and oxygen atoms in total. The molecular weight excluding hydrogens is 197 g/mol. The van der Waals surface area contributed by atoms with E-state index in [1.165, 1.54) is 12.1 Å². The minimum absolute atomic E-state index is 0.271. The Bertz CT molecular complexity index is 392. The van der Waals surface area contributed by atoms with E-state index < -0.39 is 5.97 Å². The Morgan fingerprint density at radius 2 is 2.40 bits per heavy atom. The molecule has 1 aromatic carbocycles. The van der Waals surface area contributed by atoms with Crippen molar-refractivity contribution in [3.05, 3.63) is 35.1 Å². The van der Waals surface area contributed by atoms with Gasteiger partial charge in [-0.2, -0.15) is 0 Å². The van der Waals surface area contributed by atoms with Crippen LogP contribution < -0.4 is 5.32 Å². The van der Waals surface area contributed by atoms with Crippen LogP contribution in [0.3, 0.4) is 0 Å². The predicted octanol–water partition coefficient (Wildman–Crippen LogP) is 1.13. The van der Waals surface area contributed by atoms with Crippen molar-refractivity contribution in [1.82, 2.24) is 5.32 Å². The Balaban J connectivity index is 2.33. The normalized spacial score (nSPS) is 19.6. The van der Waals surface area contributed by atoms with Crippen LogP contribution in [-0.4, -0.2) is 25.7 Å². The number of fused-ring (bicyclic) bond motifs is 1. The summed E-state index contributed by atoms with van der Waals surface area (Å²) in [7, 11) is 1.77. The molecular formula is C11H12FNO2. The molecule has 15 heavy (non-hydrogen) atoms. The van der Waals surface area contributed by atoms with Crippen molar-refractivity contribution in [2.75, 3.05) is 13.6 Å². The standard InChI is InChI=1S/C11H12FNO2/c1-13-6-7-5-9-8(11(14)15-7)3-2-4-10(9)12/h2-4,7,13H,5-6H2,1H3. The molecule has 0 amide bonds. The van der Waals surface area contributed by atoms with Gasteiger partial charge in [-0.15, -0.1) is 0 Å². The minimum Gasteiger partial charge on any atom is -0.457 e. The average Bonchev–Trinajstić information content (AvgIpc) is 2.20. The maximum Gasteiger partial charge on any atom is 0.338 e. The van der Waals surface area contributed by atoms with Crippen molar-refractivity contribution in [3.8, 4) is 0 Å². The fraction of sp³-hybridized carbons (Fsp3) is 0.364. The number of hydrogen-bond donors (Lipinski definition) is 1. The number of likely N-dealkylation sites (N-methyl/N-ethyl adjacent to an activating group) is 1. The topological polar surface area (TPSA) is 38.3 Å². The van der Waals surface area contributed by atoms with Crippen LogP contribution >= 0.6 is 0 Å². The highest BCUT2D eigenvalue weighted by molar-refractivity contribution is 5.92. The number of hydrogen-bond acceptors (Lipinski definition) is 3. The number of cyclic esters (lactones) is 1. The Morgan fingerprint density at radius 3 is 3.13 bits per heavy atom. The summed E-state index contributed by atoms with van der Waals surface area (Å²) < 4.78 is 18.6. The van der Waals surface area contributed by atoms with Crippen LogP contribution in [0.15, 0.2) is 18.2 Å². The minimum atomic E-state index is -0.434. The van der Waals surface area contributed by atoms with Crippen LogP contribution in [0.5, 0.6) is 0 Å². The van der Waals surface area contributed by atoms with Gasteiger partial charge in [0.15, 0.2) is 0 Å². The van der Waals surface area contributed by atoms with Crippen LogP contribution in [0.1, 0.15) is 15.9 Å². The van der Waals surface area contributed by atoms with Gasteiger partial charge in [-0.25, -0.2) is 9.18 Å². The maximum absolute atomic E-state index is 13.4. The highest BCUT2D eigenvalue weighted by Crippen LogP contribution is 2.22. The Hall–Kier alpha value is -1.42. The molecule has 80 valence electrons. The molecule has 1 heterocycles. The summed E-state index contributed by atoms with van der Waals surface area (Å²) in [5, 5.41) is 2.91. The van der Waals surface area contributed by atoms with Gasteiger partial charge in [0, 0.05) is 18.5 Å². The van der Waals surface area contributed by atoms with Gasteiger partial charge in [-0.1, -0.05) is 6.07 Å². The monoisotopic (exact) mass is 209 g/mol. The van der Waals surface area contributed by atoms with E-state index in [4.69, 9.17) is 4.74 Å². The lowest BCUT2D eigenvalue weighted by molar-refractivity contribution is 0.0259. The van der Waals surface area contributed by atoms with E-state index in [9.17, 15) is 9.18 Å². The van der Waals surface area contributed by atoms with Crippen molar-refractivity contribution >= 4 is 5.97 Å². The largest absolute Gasteiger partial charge is 0.457 e. The van der Waals surface area contributed by atoms with Crippen molar-refractivity contribution in [3.63, 3.8) is 0 Å². The average molecular weight is 209 g/mol.